The Balaban J connectivity index is 2.20. The second kappa shape index (κ2) is 5.15. The summed E-state index contributed by atoms with van der Waals surface area (Å²) in [5, 5.41) is 0.577. The largest absolute Gasteiger partial charge is 0.494 e. The number of rotatable bonds is 3. The molecule has 1 saturated heterocycles. The highest BCUT2D eigenvalue weighted by atomic mass is 32.2. The van der Waals surface area contributed by atoms with Gasteiger partial charge in [-0.15, -0.1) is 11.8 Å². The van der Waals surface area contributed by atoms with Crippen molar-refractivity contribution in [2.75, 3.05) is 0 Å². The van der Waals surface area contributed by atoms with Gasteiger partial charge in [0.2, 0.25) is 0 Å². The molecule has 0 radical (unpaired) electrons. The molecule has 104 valence electrons. The van der Waals surface area contributed by atoms with E-state index in [1.54, 1.807) is 0 Å². The summed E-state index contributed by atoms with van der Waals surface area (Å²) in [5.41, 5.74) is 0.543. The molecule has 0 aromatic heterocycles. The third-order valence-electron chi connectivity index (χ3n) is 3.76. The average molecular weight is 278 g/mol. The fourth-order valence-corrected chi connectivity index (χ4v) is 2.89. The first-order valence-electron chi connectivity index (χ1n) is 6.83. The SMILES string of the molecule is CC(C)Sc1cccc(B2OC(C)(C)C(C)(C)O2)c1. The molecule has 0 aliphatic carbocycles. The molecular formula is C15H23BO2S. The second-order valence-corrected chi connectivity index (χ2v) is 7.98. The van der Waals surface area contributed by atoms with Crippen LogP contribution in [-0.4, -0.2) is 23.6 Å². The lowest BCUT2D eigenvalue weighted by Crippen LogP contribution is -2.41. The third kappa shape index (κ3) is 3.18. The van der Waals surface area contributed by atoms with Gasteiger partial charge in [-0.25, -0.2) is 0 Å². The van der Waals surface area contributed by atoms with Crippen molar-refractivity contribution in [1.82, 2.24) is 0 Å². The summed E-state index contributed by atoms with van der Waals surface area (Å²) in [6.07, 6.45) is 0. The smallest absolute Gasteiger partial charge is 0.399 e. The monoisotopic (exact) mass is 278 g/mol. The fourth-order valence-electron chi connectivity index (χ4n) is 1.99. The summed E-state index contributed by atoms with van der Waals surface area (Å²) < 4.78 is 12.2. The molecule has 1 fully saturated rings. The molecule has 0 atom stereocenters. The Morgan fingerprint density at radius 3 is 2.16 bits per heavy atom. The highest BCUT2D eigenvalue weighted by Crippen LogP contribution is 2.36. The van der Waals surface area contributed by atoms with E-state index >= 15 is 0 Å². The average Bonchev–Trinajstić information content (AvgIpc) is 2.47. The normalized spacial score (nSPS) is 21.1. The van der Waals surface area contributed by atoms with E-state index in [1.807, 2.05) is 11.8 Å². The van der Waals surface area contributed by atoms with Crippen LogP contribution in [-0.2, 0) is 9.31 Å². The van der Waals surface area contributed by atoms with Crippen LogP contribution in [0.5, 0.6) is 0 Å². The quantitative estimate of drug-likeness (QED) is 0.623. The van der Waals surface area contributed by atoms with Crippen molar-refractivity contribution >= 4 is 24.3 Å². The summed E-state index contributed by atoms with van der Waals surface area (Å²) >= 11 is 1.86. The molecule has 1 heterocycles. The van der Waals surface area contributed by atoms with Gasteiger partial charge in [0.25, 0.3) is 0 Å². The summed E-state index contributed by atoms with van der Waals surface area (Å²) in [6, 6.07) is 8.46. The summed E-state index contributed by atoms with van der Waals surface area (Å²) in [4.78, 5) is 1.27. The Kier molecular flexibility index (Phi) is 4.06. The Hall–Kier alpha value is -0.445. The van der Waals surface area contributed by atoms with Crippen molar-refractivity contribution in [1.29, 1.82) is 0 Å². The highest BCUT2D eigenvalue weighted by Gasteiger charge is 2.51. The Labute approximate surface area is 121 Å². The molecule has 0 unspecified atom stereocenters. The van der Waals surface area contributed by atoms with Gasteiger partial charge in [0.15, 0.2) is 0 Å². The molecule has 1 aromatic rings. The Bertz CT molecular complexity index is 441. The van der Waals surface area contributed by atoms with Crippen LogP contribution in [0.15, 0.2) is 29.2 Å². The molecule has 0 spiro atoms. The molecular weight excluding hydrogens is 255 g/mol. The lowest BCUT2D eigenvalue weighted by atomic mass is 9.79. The van der Waals surface area contributed by atoms with E-state index in [2.05, 4.69) is 65.8 Å². The molecule has 0 saturated carbocycles. The van der Waals surface area contributed by atoms with Crippen molar-refractivity contribution in [3.05, 3.63) is 24.3 Å². The van der Waals surface area contributed by atoms with Gasteiger partial charge in [0.1, 0.15) is 0 Å². The second-order valence-electron chi connectivity index (χ2n) is 6.33. The minimum Gasteiger partial charge on any atom is -0.399 e. The van der Waals surface area contributed by atoms with E-state index in [0.717, 1.165) is 5.46 Å². The van der Waals surface area contributed by atoms with Crippen molar-refractivity contribution in [3.63, 3.8) is 0 Å². The van der Waals surface area contributed by atoms with E-state index in [1.165, 1.54) is 4.90 Å². The number of hydrogen-bond acceptors (Lipinski definition) is 3. The number of hydrogen-bond donors (Lipinski definition) is 0. The molecule has 2 nitrogen and oxygen atoms in total. The van der Waals surface area contributed by atoms with Gasteiger partial charge in [-0.1, -0.05) is 26.0 Å². The zero-order chi connectivity index (χ0) is 14.3. The van der Waals surface area contributed by atoms with E-state index in [9.17, 15) is 0 Å². The maximum Gasteiger partial charge on any atom is 0.494 e. The van der Waals surface area contributed by atoms with Crippen LogP contribution in [0.25, 0.3) is 0 Å². The lowest BCUT2D eigenvalue weighted by molar-refractivity contribution is 0.00578. The van der Waals surface area contributed by atoms with Gasteiger partial charge in [-0.3, -0.25) is 0 Å². The zero-order valence-electron chi connectivity index (χ0n) is 12.7. The summed E-state index contributed by atoms with van der Waals surface area (Å²) in [7, 11) is -0.266. The molecule has 1 aliphatic heterocycles. The summed E-state index contributed by atoms with van der Waals surface area (Å²) in [6.45, 7) is 12.7. The van der Waals surface area contributed by atoms with Gasteiger partial charge in [0, 0.05) is 10.1 Å². The molecule has 0 amide bonds. The summed E-state index contributed by atoms with van der Waals surface area (Å²) in [5.74, 6) is 0. The molecule has 1 aromatic carbocycles. The van der Waals surface area contributed by atoms with Gasteiger partial charge in [0.05, 0.1) is 11.2 Å². The lowest BCUT2D eigenvalue weighted by Gasteiger charge is -2.32. The Morgan fingerprint density at radius 2 is 1.63 bits per heavy atom. The first kappa shape index (κ1) is 15.0. The molecule has 1 aliphatic rings. The van der Waals surface area contributed by atoms with Crippen molar-refractivity contribution in [3.8, 4) is 0 Å². The van der Waals surface area contributed by atoms with Crippen LogP contribution >= 0.6 is 11.8 Å². The maximum absolute atomic E-state index is 6.08. The van der Waals surface area contributed by atoms with Gasteiger partial charge in [-0.05, 0) is 45.3 Å². The van der Waals surface area contributed by atoms with E-state index in [4.69, 9.17) is 9.31 Å². The Morgan fingerprint density at radius 1 is 1.05 bits per heavy atom. The van der Waals surface area contributed by atoms with Crippen molar-refractivity contribution < 1.29 is 9.31 Å². The third-order valence-corrected chi connectivity index (χ3v) is 4.75. The van der Waals surface area contributed by atoms with Gasteiger partial charge in [-0.2, -0.15) is 0 Å². The van der Waals surface area contributed by atoms with Crippen molar-refractivity contribution in [2.45, 2.75) is 62.9 Å². The van der Waals surface area contributed by atoms with E-state index in [0.29, 0.717) is 5.25 Å². The zero-order valence-corrected chi connectivity index (χ0v) is 13.5. The molecule has 19 heavy (non-hydrogen) atoms. The topological polar surface area (TPSA) is 18.5 Å². The van der Waals surface area contributed by atoms with Crippen LogP contribution < -0.4 is 5.46 Å². The predicted octanol–water partition coefficient (Wildman–Crippen LogP) is 3.49. The minimum absolute atomic E-state index is 0.266. The van der Waals surface area contributed by atoms with E-state index in [-0.39, 0.29) is 18.3 Å². The molecule has 4 heteroatoms. The van der Waals surface area contributed by atoms with Crippen LogP contribution in [0.1, 0.15) is 41.5 Å². The van der Waals surface area contributed by atoms with Crippen LogP contribution in [0, 0.1) is 0 Å². The first-order chi connectivity index (χ1) is 8.71. The van der Waals surface area contributed by atoms with Gasteiger partial charge >= 0.3 is 7.12 Å². The molecule has 0 bridgehead atoms. The maximum atomic E-state index is 6.08. The van der Waals surface area contributed by atoms with Crippen LogP contribution in [0.3, 0.4) is 0 Å². The van der Waals surface area contributed by atoms with Gasteiger partial charge < -0.3 is 9.31 Å². The standard InChI is InChI=1S/C15H23BO2S/c1-11(2)19-13-9-7-8-12(10-13)16-17-14(3,4)15(5,6)18-16/h7-11H,1-6H3. The van der Waals surface area contributed by atoms with Crippen molar-refractivity contribution in [2.24, 2.45) is 0 Å². The van der Waals surface area contributed by atoms with E-state index < -0.39 is 0 Å². The molecule has 2 rings (SSSR count). The predicted molar refractivity (Wildman–Crippen MR) is 83.2 cm³/mol. The minimum atomic E-state index is -0.279. The highest BCUT2D eigenvalue weighted by molar-refractivity contribution is 7.99. The fraction of sp³-hybridized carbons (Fsp3) is 0.600. The number of thioether (sulfide) groups is 1. The number of benzene rings is 1. The van der Waals surface area contributed by atoms with Crippen LogP contribution in [0.2, 0.25) is 0 Å². The molecule has 0 N–H and O–H groups in total. The van der Waals surface area contributed by atoms with Crippen LogP contribution in [0.4, 0.5) is 0 Å². The first-order valence-corrected chi connectivity index (χ1v) is 7.71.